The first-order chi connectivity index (χ1) is 22.1. The molecule has 0 aliphatic rings. The van der Waals surface area contributed by atoms with Crippen LogP contribution in [0.1, 0.15) is 17.5 Å². The molecule has 1 aromatic heterocycles. The van der Waals surface area contributed by atoms with E-state index in [0.29, 0.717) is 19.6 Å². The van der Waals surface area contributed by atoms with Gasteiger partial charge in [-0.1, -0.05) is 6.58 Å². The van der Waals surface area contributed by atoms with E-state index in [9.17, 15) is 35.1 Å². The van der Waals surface area contributed by atoms with E-state index in [-0.39, 0.29) is 62.7 Å². The standard InChI is InChI=1S/C27H30N8O9S3/c1-4-45(36,37)15-13-30-26-22(17-28)18(2)25(27(31-26)29-12-5-14-44-3)35-34-23-11-8-20(16-24(23)47(41,42)43)33-32-19-6-9-21(10-7-19)46(38,39)40/h4,6-11,16H,1,5,12-15H2,2-3H3,(H2,29,30,31)(H,38,39,40)(H,41,42,43). The monoisotopic (exact) mass is 706 g/mol. The molecule has 0 saturated heterocycles. The number of nitrogens with one attached hydrogen (secondary N) is 2. The van der Waals surface area contributed by atoms with Gasteiger partial charge in [0.1, 0.15) is 28.2 Å². The largest absolute Gasteiger partial charge is 0.385 e. The number of pyridine rings is 1. The molecular formula is C27H30N8O9S3. The number of nitrogens with zero attached hydrogens (tertiary/aromatic N) is 6. The molecule has 20 heteroatoms. The number of rotatable bonds is 16. The summed E-state index contributed by atoms with van der Waals surface area (Å²) >= 11 is 0. The van der Waals surface area contributed by atoms with Crippen molar-refractivity contribution in [2.45, 2.75) is 23.1 Å². The van der Waals surface area contributed by atoms with Crippen LogP contribution in [0.15, 0.2) is 84.7 Å². The van der Waals surface area contributed by atoms with Gasteiger partial charge in [-0.2, -0.15) is 32.3 Å². The predicted molar refractivity (Wildman–Crippen MR) is 172 cm³/mol. The SMILES string of the molecule is C=CS(=O)(=O)CCNc1nc(NCCCOC)c(N=Nc2ccc(N=Nc3ccc(S(=O)(=O)O)cc3)cc2S(=O)(=O)O)c(C)c1C#N. The molecule has 0 fully saturated rings. The summed E-state index contributed by atoms with van der Waals surface area (Å²) < 4.78 is 94.7. The average molecular weight is 707 g/mol. The Hall–Kier alpha value is -4.65. The molecule has 0 radical (unpaired) electrons. The van der Waals surface area contributed by atoms with E-state index in [2.05, 4.69) is 42.7 Å². The van der Waals surface area contributed by atoms with Gasteiger partial charge in [-0.25, -0.2) is 13.4 Å². The van der Waals surface area contributed by atoms with Crippen molar-refractivity contribution < 1.29 is 39.1 Å². The summed E-state index contributed by atoms with van der Waals surface area (Å²) in [5.74, 6) is -0.0678. The zero-order valence-corrected chi connectivity index (χ0v) is 27.5. The van der Waals surface area contributed by atoms with Crippen LogP contribution in [0.3, 0.4) is 0 Å². The maximum Gasteiger partial charge on any atom is 0.296 e. The van der Waals surface area contributed by atoms with Crippen LogP contribution in [0.25, 0.3) is 0 Å². The Morgan fingerprint density at radius 1 is 0.915 bits per heavy atom. The summed E-state index contributed by atoms with van der Waals surface area (Å²) in [4.78, 5) is 3.39. The topological polar surface area (TPSA) is 262 Å². The highest BCUT2D eigenvalue weighted by Gasteiger charge is 2.20. The van der Waals surface area contributed by atoms with E-state index in [4.69, 9.17) is 9.29 Å². The van der Waals surface area contributed by atoms with E-state index in [0.717, 1.165) is 23.6 Å². The number of hydrogen-bond donors (Lipinski definition) is 4. The molecule has 1 heterocycles. The molecule has 0 bridgehead atoms. The van der Waals surface area contributed by atoms with E-state index >= 15 is 0 Å². The lowest BCUT2D eigenvalue weighted by atomic mass is 10.1. The quantitative estimate of drug-likeness (QED) is 0.0868. The first-order valence-electron chi connectivity index (χ1n) is 13.4. The molecule has 0 aliphatic carbocycles. The Morgan fingerprint density at radius 3 is 2.15 bits per heavy atom. The van der Waals surface area contributed by atoms with Gasteiger partial charge in [0, 0.05) is 37.8 Å². The van der Waals surface area contributed by atoms with Crippen LogP contribution in [0.4, 0.5) is 34.4 Å². The lowest BCUT2D eigenvalue weighted by Crippen LogP contribution is -2.16. The lowest BCUT2D eigenvalue weighted by Gasteiger charge is -2.15. The van der Waals surface area contributed by atoms with Crippen molar-refractivity contribution in [1.29, 1.82) is 5.26 Å². The number of aromatic nitrogens is 1. The first-order valence-corrected chi connectivity index (χ1v) is 18.0. The van der Waals surface area contributed by atoms with Crippen LogP contribution in [0.5, 0.6) is 0 Å². The van der Waals surface area contributed by atoms with Gasteiger partial charge in [-0.05, 0) is 55.8 Å². The van der Waals surface area contributed by atoms with E-state index in [1.54, 1.807) is 6.92 Å². The van der Waals surface area contributed by atoms with Gasteiger partial charge < -0.3 is 15.4 Å². The van der Waals surface area contributed by atoms with Gasteiger partial charge in [0.05, 0.1) is 27.6 Å². The van der Waals surface area contributed by atoms with Crippen molar-refractivity contribution in [1.82, 2.24) is 4.98 Å². The normalized spacial score (nSPS) is 12.3. The number of nitriles is 1. The molecule has 0 atom stereocenters. The van der Waals surface area contributed by atoms with Gasteiger partial charge in [0.25, 0.3) is 20.2 Å². The van der Waals surface area contributed by atoms with Gasteiger partial charge in [-0.3, -0.25) is 9.11 Å². The highest BCUT2D eigenvalue weighted by molar-refractivity contribution is 7.94. The molecule has 4 N–H and O–H groups in total. The number of hydrogen-bond acceptors (Lipinski definition) is 15. The highest BCUT2D eigenvalue weighted by Crippen LogP contribution is 2.37. The molecule has 0 saturated carbocycles. The third-order valence-corrected chi connectivity index (χ3v) is 9.20. The fourth-order valence-electron chi connectivity index (χ4n) is 3.78. The molecule has 0 spiro atoms. The molecule has 0 amide bonds. The zero-order valence-electron chi connectivity index (χ0n) is 25.0. The average Bonchev–Trinajstić information content (AvgIpc) is 3.01. The Bertz CT molecular complexity index is 2060. The number of anilines is 2. The second-order valence-electron chi connectivity index (χ2n) is 9.50. The number of sulfone groups is 1. The van der Waals surface area contributed by atoms with Gasteiger partial charge >= 0.3 is 0 Å². The molecular weight excluding hydrogens is 677 g/mol. The summed E-state index contributed by atoms with van der Waals surface area (Å²) in [6.45, 7) is 5.52. The number of benzene rings is 2. The Kier molecular flexibility index (Phi) is 12.3. The lowest BCUT2D eigenvalue weighted by molar-refractivity contribution is 0.198. The molecule has 0 unspecified atom stereocenters. The Morgan fingerprint density at radius 2 is 1.55 bits per heavy atom. The summed E-state index contributed by atoms with van der Waals surface area (Å²) in [6, 6.07) is 10.2. The van der Waals surface area contributed by atoms with Crippen LogP contribution in [-0.4, -0.2) is 71.9 Å². The van der Waals surface area contributed by atoms with Crippen LogP contribution < -0.4 is 10.6 Å². The minimum absolute atomic E-state index is 0.0190. The van der Waals surface area contributed by atoms with Crippen LogP contribution >= 0.6 is 0 Å². The first kappa shape index (κ1) is 36.8. The fourth-order valence-corrected chi connectivity index (χ4v) is 5.46. The van der Waals surface area contributed by atoms with E-state index in [1.165, 1.54) is 31.4 Å². The van der Waals surface area contributed by atoms with E-state index < -0.39 is 35.0 Å². The van der Waals surface area contributed by atoms with Crippen molar-refractivity contribution in [2.24, 2.45) is 20.5 Å². The predicted octanol–water partition coefficient (Wildman–Crippen LogP) is 5.00. The fraction of sp³-hybridized carbons (Fsp3) is 0.259. The molecule has 47 heavy (non-hydrogen) atoms. The number of azo groups is 2. The van der Waals surface area contributed by atoms with Crippen molar-refractivity contribution in [3.63, 3.8) is 0 Å². The third kappa shape index (κ3) is 10.4. The minimum atomic E-state index is -4.86. The number of ether oxygens (including phenoxy) is 1. The van der Waals surface area contributed by atoms with Crippen molar-refractivity contribution in [3.05, 3.63) is 65.6 Å². The molecule has 250 valence electrons. The molecule has 2 aromatic carbocycles. The minimum Gasteiger partial charge on any atom is -0.385 e. The molecule has 3 aromatic rings. The Labute approximate surface area is 271 Å². The summed E-state index contributed by atoms with van der Waals surface area (Å²) in [5, 5.41) is 32.6. The smallest absolute Gasteiger partial charge is 0.296 e. The number of methoxy groups -OCH3 is 1. The molecule has 17 nitrogen and oxygen atoms in total. The molecule has 0 aliphatic heterocycles. The Balaban J connectivity index is 2.01. The second kappa shape index (κ2) is 15.8. The highest BCUT2D eigenvalue weighted by atomic mass is 32.2. The maximum absolute atomic E-state index is 12.3. The van der Waals surface area contributed by atoms with Gasteiger partial charge in [0.15, 0.2) is 15.7 Å². The molecule has 3 rings (SSSR count). The van der Waals surface area contributed by atoms with Crippen molar-refractivity contribution in [2.75, 3.05) is 43.2 Å². The van der Waals surface area contributed by atoms with Crippen molar-refractivity contribution >= 4 is 64.5 Å². The summed E-state index contributed by atoms with van der Waals surface area (Å²) in [6.07, 6.45) is 0.557. The zero-order chi connectivity index (χ0) is 34.8. The third-order valence-electron chi connectivity index (χ3n) is 6.17. The maximum atomic E-state index is 12.3. The van der Waals surface area contributed by atoms with Crippen LogP contribution in [-0.2, 0) is 34.8 Å². The van der Waals surface area contributed by atoms with E-state index in [1.807, 2.05) is 6.07 Å². The van der Waals surface area contributed by atoms with Crippen LogP contribution in [0, 0.1) is 18.3 Å². The summed E-state index contributed by atoms with van der Waals surface area (Å²) in [5.41, 5.74) is 0.262. The van der Waals surface area contributed by atoms with Crippen molar-refractivity contribution in [3.8, 4) is 6.07 Å². The second-order valence-corrected chi connectivity index (χ2v) is 14.4. The van der Waals surface area contributed by atoms with Crippen LogP contribution in [0.2, 0.25) is 0 Å². The van der Waals surface area contributed by atoms with Gasteiger partial charge in [-0.15, -0.1) is 10.2 Å². The summed E-state index contributed by atoms with van der Waals surface area (Å²) in [7, 11) is -11.3. The van der Waals surface area contributed by atoms with Gasteiger partial charge in [0.2, 0.25) is 0 Å².